The largest absolute Gasteiger partial charge is 0.493 e. The van der Waals surface area contributed by atoms with Crippen molar-refractivity contribution in [1.29, 1.82) is 0 Å². The van der Waals surface area contributed by atoms with Gasteiger partial charge < -0.3 is 10.5 Å². The molecule has 0 aliphatic carbocycles. The zero-order valence-electron chi connectivity index (χ0n) is 11.9. The van der Waals surface area contributed by atoms with Gasteiger partial charge in [0.2, 0.25) is 0 Å². The molecule has 0 aromatic heterocycles. The molecule has 1 aromatic rings. The Balaban J connectivity index is 2.32. The van der Waals surface area contributed by atoms with Crippen LogP contribution in [0.5, 0.6) is 5.75 Å². The number of nitrogens with two attached hydrogens (primary N) is 1. The smallest absolute Gasteiger partial charge is 0.154 e. The minimum absolute atomic E-state index is 0.420. The predicted octanol–water partition coefficient (Wildman–Crippen LogP) is 1.97. The molecule has 1 aromatic carbocycles. The fraction of sp³-hybridized carbons (Fsp3) is 0.571. The highest BCUT2D eigenvalue weighted by atomic mass is 35.5. The molecule has 4 nitrogen and oxygen atoms in total. The summed E-state index contributed by atoms with van der Waals surface area (Å²) in [5, 5.41) is 0.633. The average Bonchev–Trinajstić information content (AvgIpc) is 2.75. The molecule has 1 heterocycles. The maximum atomic E-state index is 11.8. The fourth-order valence-electron chi connectivity index (χ4n) is 2.26. The Bertz CT molecular complexity index is 626. The van der Waals surface area contributed by atoms with Crippen LogP contribution in [-0.4, -0.2) is 32.1 Å². The summed E-state index contributed by atoms with van der Waals surface area (Å²) >= 11 is 6.10. The molecule has 1 aliphatic rings. The summed E-state index contributed by atoms with van der Waals surface area (Å²) in [6, 6.07) is 3.18. The molecule has 0 spiro atoms. The molecule has 1 aliphatic heterocycles. The zero-order chi connectivity index (χ0) is 15.1. The molecule has 1 atom stereocenters. The van der Waals surface area contributed by atoms with Crippen molar-refractivity contribution in [2.24, 2.45) is 5.73 Å². The first-order valence-corrected chi connectivity index (χ1v) is 8.79. The van der Waals surface area contributed by atoms with Gasteiger partial charge in [0.1, 0.15) is 5.75 Å². The van der Waals surface area contributed by atoms with Gasteiger partial charge in [-0.15, -0.1) is 0 Å². The number of hydrogen-bond acceptors (Lipinski definition) is 4. The molecule has 0 radical (unpaired) electrons. The average molecular weight is 318 g/mol. The highest BCUT2D eigenvalue weighted by Crippen LogP contribution is 2.34. The Morgan fingerprint density at radius 2 is 2.10 bits per heavy atom. The van der Waals surface area contributed by atoms with Crippen LogP contribution in [0.2, 0.25) is 5.02 Å². The number of benzene rings is 1. The van der Waals surface area contributed by atoms with E-state index in [1.807, 2.05) is 12.1 Å². The van der Waals surface area contributed by atoms with Gasteiger partial charge in [-0.25, -0.2) is 8.42 Å². The van der Waals surface area contributed by atoms with Crippen molar-refractivity contribution in [2.45, 2.75) is 37.5 Å². The Morgan fingerprint density at radius 1 is 1.45 bits per heavy atom. The van der Waals surface area contributed by atoms with E-state index in [0.717, 1.165) is 23.3 Å². The molecule has 0 saturated heterocycles. The fourth-order valence-corrected chi connectivity index (χ4v) is 3.15. The number of fused-ring (bicyclic) bond motifs is 1. The first-order valence-electron chi connectivity index (χ1n) is 6.52. The first kappa shape index (κ1) is 15.6. The van der Waals surface area contributed by atoms with Gasteiger partial charge in [0.25, 0.3) is 0 Å². The lowest BCUT2D eigenvalue weighted by Crippen LogP contribution is -2.50. The van der Waals surface area contributed by atoms with Gasteiger partial charge in [-0.3, -0.25) is 0 Å². The molecule has 0 amide bonds. The number of hydrogen-bond donors (Lipinski definition) is 1. The molecule has 20 heavy (non-hydrogen) atoms. The van der Waals surface area contributed by atoms with E-state index in [4.69, 9.17) is 22.1 Å². The minimum atomic E-state index is -3.24. The van der Waals surface area contributed by atoms with Crippen LogP contribution in [0.1, 0.15) is 25.0 Å². The third kappa shape index (κ3) is 2.80. The molecule has 0 saturated carbocycles. The van der Waals surface area contributed by atoms with Crippen LogP contribution in [0.25, 0.3) is 0 Å². The quantitative estimate of drug-likeness (QED) is 0.921. The van der Waals surface area contributed by atoms with Crippen LogP contribution in [0.15, 0.2) is 12.1 Å². The lowest BCUT2D eigenvalue weighted by Gasteiger charge is -2.30. The van der Waals surface area contributed by atoms with Gasteiger partial charge in [0, 0.05) is 23.7 Å². The lowest BCUT2D eigenvalue weighted by molar-refractivity contribution is 0.351. The van der Waals surface area contributed by atoms with Crippen LogP contribution in [0.4, 0.5) is 0 Å². The van der Waals surface area contributed by atoms with Crippen molar-refractivity contribution >= 4 is 21.4 Å². The van der Waals surface area contributed by atoms with Crippen molar-refractivity contribution in [2.75, 3.05) is 12.9 Å². The minimum Gasteiger partial charge on any atom is -0.493 e. The summed E-state index contributed by atoms with van der Waals surface area (Å²) in [5.41, 5.74) is 8.09. The van der Waals surface area contributed by atoms with Gasteiger partial charge in [-0.2, -0.15) is 0 Å². The highest BCUT2D eigenvalue weighted by molar-refractivity contribution is 7.92. The van der Waals surface area contributed by atoms with E-state index >= 15 is 0 Å². The highest BCUT2D eigenvalue weighted by Gasteiger charge is 2.37. The summed E-state index contributed by atoms with van der Waals surface area (Å²) in [6.07, 6.45) is 2.46. The molecular weight excluding hydrogens is 298 g/mol. The predicted molar refractivity (Wildman–Crippen MR) is 81.3 cm³/mol. The second-order valence-electron chi connectivity index (χ2n) is 5.84. The van der Waals surface area contributed by atoms with E-state index in [0.29, 0.717) is 18.1 Å². The van der Waals surface area contributed by atoms with Crippen molar-refractivity contribution in [3.05, 3.63) is 28.3 Å². The summed E-state index contributed by atoms with van der Waals surface area (Å²) in [5.74, 6) is 0.814. The molecular formula is C14H20ClNO3S. The van der Waals surface area contributed by atoms with Crippen molar-refractivity contribution < 1.29 is 13.2 Å². The normalized spacial score (nSPS) is 16.6. The Labute approximate surface area is 125 Å². The zero-order valence-corrected chi connectivity index (χ0v) is 13.5. The van der Waals surface area contributed by atoms with Crippen LogP contribution in [0.3, 0.4) is 0 Å². The first-order chi connectivity index (χ1) is 9.13. The molecule has 2 N–H and O–H groups in total. The molecule has 0 bridgehead atoms. The van der Waals surface area contributed by atoms with E-state index < -0.39 is 20.6 Å². The molecule has 1 unspecified atom stereocenters. The topological polar surface area (TPSA) is 69.4 Å². The second-order valence-corrected chi connectivity index (χ2v) is 8.87. The van der Waals surface area contributed by atoms with E-state index in [2.05, 4.69) is 0 Å². The monoisotopic (exact) mass is 317 g/mol. The van der Waals surface area contributed by atoms with Crippen LogP contribution >= 0.6 is 11.6 Å². The van der Waals surface area contributed by atoms with Crippen molar-refractivity contribution in [3.8, 4) is 5.75 Å². The molecule has 112 valence electrons. The van der Waals surface area contributed by atoms with E-state index in [1.54, 1.807) is 13.8 Å². The summed E-state index contributed by atoms with van der Waals surface area (Å²) in [6.45, 7) is 3.94. The number of ether oxygens (including phenoxy) is 1. The van der Waals surface area contributed by atoms with E-state index in [1.165, 1.54) is 6.26 Å². The summed E-state index contributed by atoms with van der Waals surface area (Å²) in [7, 11) is -3.24. The van der Waals surface area contributed by atoms with Crippen molar-refractivity contribution in [3.63, 3.8) is 0 Å². The Morgan fingerprint density at radius 3 is 2.70 bits per heavy atom. The summed E-state index contributed by atoms with van der Waals surface area (Å²) < 4.78 is 28.3. The second kappa shape index (κ2) is 5.20. The maximum Gasteiger partial charge on any atom is 0.154 e. The van der Waals surface area contributed by atoms with Gasteiger partial charge in [0.05, 0.1) is 11.4 Å². The Kier molecular flexibility index (Phi) is 4.06. The van der Waals surface area contributed by atoms with Gasteiger partial charge >= 0.3 is 0 Å². The molecule has 0 fully saturated rings. The number of sulfone groups is 1. The number of rotatable bonds is 4. The third-order valence-electron chi connectivity index (χ3n) is 4.11. The van der Waals surface area contributed by atoms with Crippen LogP contribution < -0.4 is 10.5 Å². The van der Waals surface area contributed by atoms with E-state index in [9.17, 15) is 8.42 Å². The summed E-state index contributed by atoms with van der Waals surface area (Å²) in [4.78, 5) is 0. The SMILES string of the molecule is CC(C)(C(N)Cc1cc(Cl)cc2c1OCC2)S(C)(=O)=O. The standard InChI is InChI=1S/C14H20ClNO3S/c1-14(2,20(3,17)18)12(16)8-10-7-11(15)6-9-4-5-19-13(9)10/h6-7,12H,4-5,8,16H2,1-3H3. The molecule has 6 heteroatoms. The van der Waals surface area contributed by atoms with E-state index in [-0.39, 0.29) is 0 Å². The third-order valence-corrected chi connectivity index (χ3v) is 6.55. The molecule has 2 rings (SSSR count). The van der Waals surface area contributed by atoms with Crippen LogP contribution in [0, 0.1) is 0 Å². The Hall–Kier alpha value is -0.780. The van der Waals surface area contributed by atoms with Gasteiger partial charge in [-0.1, -0.05) is 11.6 Å². The lowest BCUT2D eigenvalue weighted by atomic mass is 9.94. The maximum absolute atomic E-state index is 11.8. The van der Waals surface area contributed by atoms with Gasteiger partial charge in [0.15, 0.2) is 9.84 Å². The van der Waals surface area contributed by atoms with Crippen LogP contribution in [-0.2, 0) is 22.7 Å². The van der Waals surface area contributed by atoms with Gasteiger partial charge in [-0.05, 0) is 43.5 Å². The number of halogens is 1. The van der Waals surface area contributed by atoms with Crippen molar-refractivity contribution in [1.82, 2.24) is 0 Å².